The van der Waals surface area contributed by atoms with E-state index in [1.807, 2.05) is 25.7 Å². The molecule has 0 spiro atoms. The number of piperazine rings is 1. The van der Waals surface area contributed by atoms with Gasteiger partial charge in [0.15, 0.2) is 0 Å². The highest BCUT2D eigenvalue weighted by Gasteiger charge is 2.30. The second-order valence-electron chi connectivity index (χ2n) is 6.34. The molecular weight excluding hydrogens is 280 g/mol. The van der Waals surface area contributed by atoms with Gasteiger partial charge in [0.25, 0.3) is 0 Å². The number of likely N-dealkylation sites (N-methyl/N-ethyl adjacent to an activating group) is 1. The lowest BCUT2D eigenvalue weighted by Crippen LogP contribution is -2.55. The minimum Gasteiger partial charge on any atom is -0.352 e. The van der Waals surface area contributed by atoms with E-state index in [1.54, 1.807) is 0 Å². The van der Waals surface area contributed by atoms with E-state index in [-0.39, 0.29) is 17.9 Å². The fourth-order valence-electron chi connectivity index (χ4n) is 2.89. The van der Waals surface area contributed by atoms with Crippen LogP contribution in [0.3, 0.4) is 0 Å². The largest absolute Gasteiger partial charge is 0.352 e. The fourth-order valence-corrected chi connectivity index (χ4v) is 2.89. The van der Waals surface area contributed by atoms with Gasteiger partial charge >= 0.3 is 0 Å². The summed E-state index contributed by atoms with van der Waals surface area (Å²) in [6.45, 7) is 11.5. The third-order valence-electron chi connectivity index (χ3n) is 4.73. The van der Waals surface area contributed by atoms with E-state index in [1.165, 1.54) is 0 Å². The molecule has 1 aliphatic heterocycles. The summed E-state index contributed by atoms with van der Waals surface area (Å²) in [5.74, 6) is 0.355. The summed E-state index contributed by atoms with van der Waals surface area (Å²) in [4.78, 5) is 30.5. The van der Waals surface area contributed by atoms with Crippen LogP contribution in [0.25, 0.3) is 0 Å². The lowest BCUT2D eigenvalue weighted by molar-refractivity contribution is -0.133. The molecule has 0 bridgehead atoms. The predicted molar refractivity (Wildman–Crippen MR) is 86.6 cm³/mol. The van der Waals surface area contributed by atoms with Gasteiger partial charge in [0, 0.05) is 45.3 Å². The molecule has 22 heavy (non-hydrogen) atoms. The van der Waals surface area contributed by atoms with Gasteiger partial charge in [-0.15, -0.1) is 0 Å². The Kier molecular flexibility index (Phi) is 6.20. The molecule has 1 saturated heterocycles. The van der Waals surface area contributed by atoms with Crippen molar-refractivity contribution < 1.29 is 9.59 Å². The molecule has 1 saturated carbocycles. The van der Waals surface area contributed by atoms with Gasteiger partial charge in [-0.05, 0) is 33.6 Å². The zero-order valence-corrected chi connectivity index (χ0v) is 14.2. The van der Waals surface area contributed by atoms with E-state index in [0.29, 0.717) is 12.6 Å². The zero-order chi connectivity index (χ0) is 16.1. The fraction of sp³-hybridized carbons (Fsp3) is 0.875. The SMILES string of the molecule is CCN(CC)C(=O)CN1CCN(C(C)C(=O)NC2CC2)CC1. The molecule has 2 aliphatic rings. The maximum atomic E-state index is 12.1. The van der Waals surface area contributed by atoms with Crippen molar-refractivity contribution in [2.24, 2.45) is 0 Å². The molecule has 1 N–H and O–H groups in total. The van der Waals surface area contributed by atoms with Crippen LogP contribution in [0, 0.1) is 0 Å². The average molecular weight is 310 g/mol. The van der Waals surface area contributed by atoms with Crippen LogP contribution in [-0.2, 0) is 9.59 Å². The number of rotatable bonds is 7. The van der Waals surface area contributed by atoms with E-state index in [4.69, 9.17) is 0 Å². The minimum absolute atomic E-state index is 0.0683. The van der Waals surface area contributed by atoms with Gasteiger partial charge in [-0.3, -0.25) is 19.4 Å². The Morgan fingerprint density at radius 1 is 1.14 bits per heavy atom. The van der Waals surface area contributed by atoms with Crippen molar-refractivity contribution in [3.8, 4) is 0 Å². The maximum absolute atomic E-state index is 12.1. The van der Waals surface area contributed by atoms with Crippen LogP contribution in [0.2, 0.25) is 0 Å². The lowest BCUT2D eigenvalue weighted by Gasteiger charge is -2.37. The van der Waals surface area contributed by atoms with Gasteiger partial charge in [-0.1, -0.05) is 0 Å². The van der Waals surface area contributed by atoms with Crippen LogP contribution >= 0.6 is 0 Å². The first-order chi connectivity index (χ1) is 10.5. The van der Waals surface area contributed by atoms with Crippen LogP contribution < -0.4 is 5.32 Å². The van der Waals surface area contributed by atoms with Crippen LogP contribution in [0.15, 0.2) is 0 Å². The third-order valence-corrected chi connectivity index (χ3v) is 4.73. The van der Waals surface area contributed by atoms with E-state index in [2.05, 4.69) is 15.1 Å². The van der Waals surface area contributed by atoms with Crippen LogP contribution in [-0.4, -0.2) is 84.4 Å². The highest BCUT2D eigenvalue weighted by Crippen LogP contribution is 2.19. The van der Waals surface area contributed by atoms with Gasteiger partial charge in [0.1, 0.15) is 0 Å². The molecule has 1 heterocycles. The normalized spacial score (nSPS) is 21.4. The van der Waals surface area contributed by atoms with Gasteiger partial charge in [0.2, 0.25) is 11.8 Å². The maximum Gasteiger partial charge on any atom is 0.237 e. The summed E-state index contributed by atoms with van der Waals surface area (Å²) in [6, 6.07) is 0.351. The number of hydrogen-bond acceptors (Lipinski definition) is 4. The van der Waals surface area contributed by atoms with Gasteiger partial charge in [0.05, 0.1) is 12.6 Å². The van der Waals surface area contributed by atoms with Crippen molar-refractivity contribution in [1.82, 2.24) is 20.0 Å². The Morgan fingerprint density at radius 3 is 2.23 bits per heavy atom. The van der Waals surface area contributed by atoms with Gasteiger partial charge < -0.3 is 10.2 Å². The van der Waals surface area contributed by atoms with Crippen molar-refractivity contribution >= 4 is 11.8 Å². The molecule has 2 amide bonds. The van der Waals surface area contributed by atoms with Crippen molar-refractivity contribution in [2.45, 2.75) is 45.7 Å². The summed E-state index contributed by atoms with van der Waals surface area (Å²) in [5, 5.41) is 3.07. The van der Waals surface area contributed by atoms with Gasteiger partial charge in [-0.25, -0.2) is 0 Å². The average Bonchev–Trinajstić information content (AvgIpc) is 3.32. The van der Waals surface area contributed by atoms with E-state index in [0.717, 1.165) is 52.1 Å². The summed E-state index contributed by atoms with van der Waals surface area (Å²) >= 11 is 0. The van der Waals surface area contributed by atoms with Gasteiger partial charge in [-0.2, -0.15) is 0 Å². The molecule has 1 atom stereocenters. The van der Waals surface area contributed by atoms with Crippen LogP contribution in [0.4, 0.5) is 0 Å². The molecule has 0 radical (unpaired) electrons. The van der Waals surface area contributed by atoms with Crippen molar-refractivity contribution in [3.05, 3.63) is 0 Å². The molecule has 126 valence electrons. The smallest absolute Gasteiger partial charge is 0.237 e. The lowest BCUT2D eigenvalue weighted by atomic mass is 10.2. The van der Waals surface area contributed by atoms with Crippen molar-refractivity contribution in [1.29, 1.82) is 0 Å². The first-order valence-electron chi connectivity index (χ1n) is 8.59. The van der Waals surface area contributed by atoms with Crippen molar-refractivity contribution in [3.63, 3.8) is 0 Å². The molecule has 2 fully saturated rings. The Balaban J connectivity index is 1.72. The topological polar surface area (TPSA) is 55.9 Å². The number of nitrogens with one attached hydrogen (secondary N) is 1. The number of carbonyl (C=O) groups is 2. The van der Waals surface area contributed by atoms with E-state index in [9.17, 15) is 9.59 Å². The summed E-state index contributed by atoms with van der Waals surface area (Å²) in [6.07, 6.45) is 2.25. The number of carbonyl (C=O) groups excluding carboxylic acids is 2. The first-order valence-corrected chi connectivity index (χ1v) is 8.59. The molecular formula is C16H30N4O2. The monoisotopic (exact) mass is 310 g/mol. The standard InChI is InChI=1S/C16H30N4O2/c1-4-19(5-2)15(21)12-18-8-10-20(11-9-18)13(3)16(22)17-14-6-7-14/h13-14H,4-12H2,1-3H3,(H,17,22). The first kappa shape index (κ1) is 17.2. The molecule has 0 aromatic carbocycles. The highest BCUT2D eigenvalue weighted by atomic mass is 16.2. The van der Waals surface area contributed by atoms with E-state index < -0.39 is 0 Å². The predicted octanol–water partition coefficient (Wildman–Crippen LogP) is 0.140. The third kappa shape index (κ3) is 4.68. The highest BCUT2D eigenvalue weighted by molar-refractivity contribution is 5.82. The molecule has 6 heteroatoms. The Labute approximate surface area is 133 Å². The quantitative estimate of drug-likeness (QED) is 0.727. The van der Waals surface area contributed by atoms with Crippen LogP contribution in [0.1, 0.15) is 33.6 Å². The minimum atomic E-state index is -0.0683. The Morgan fingerprint density at radius 2 is 1.73 bits per heavy atom. The van der Waals surface area contributed by atoms with Crippen molar-refractivity contribution in [2.75, 3.05) is 45.8 Å². The van der Waals surface area contributed by atoms with Crippen LogP contribution in [0.5, 0.6) is 0 Å². The summed E-state index contributed by atoms with van der Waals surface area (Å²) in [7, 11) is 0. The number of nitrogens with zero attached hydrogens (tertiary/aromatic N) is 3. The van der Waals surface area contributed by atoms with E-state index >= 15 is 0 Å². The molecule has 2 rings (SSSR count). The molecule has 0 aromatic rings. The second-order valence-corrected chi connectivity index (χ2v) is 6.34. The number of amides is 2. The zero-order valence-electron chi connectivity index (χ0n) is 14.2. The molecule has 6 nitrogen and oxygen atoms in total. The second kappa shape index (κ2) is 7.92. The molecule has 1 unspecified atom stereocenters. The number of hydrogen-bond donors (Lipinski definition) is 1. The summed E-state index contributed by atoms with van der Waals surface area (Å²) < 4.78 is 0. The molecule has 1 aliphatic carbocycles. The summed E-state index contributed by atoms with van der Waals surface area (Å²) in [5.41, 5.74) is 0. The molecule has 0 aromatic heterocycles. The Bertz CT molecular complexity index is 386. The Hall–Kier alpha value is -1.14.